The Morgan fingerprint density at radius 1 is 1.14 bits per heavy atom. The number of hydrogen-bond donors (Lipinski definition) is 5. The van der Waals surface area contributed by atoms with Crippen LogP contribution in [0.25, 0.3) is 0 Å². The average Bonchev–Trinajstić information content (AvgIpc) is 2.99. The largest absolute Gasteiger partial charge is 1.00 e. The van der Waals surface area contributed by atoms with E-state index in [2.05, 4.69) is 31.2 Å². The molecule has 222 valence electrons. The second-order valence-corrected chi connectivity index (χ2v) is 11.3. The molecule has 2 aromatic carbocycles. The number of carboxylic acid groups (broad SMARTS) is 1. The molecule has 44 heavy (non-hydrogen) atoms. The van der Waals surface area contributed by atoms with Crippen LogP contribution in [-0.2, 0) is 20.9 Å². The van der Waals surface area contributed by atoms with Crippen LogP contribution in [0, 0.1) is 0 Å². The van der Waals surface area contributed by atoms with Crippen molar-refractivity contribution >= 4 is 58.8 Å². The summed E-state index contributed by atoms with van der Waals surface area (Å²) in [6.45, 7) is 1.97. The van der Waals surface area contributed by atoms with Crippen LogP contribution in [0.5, 0.6) is 0 Å². The molecule has 4 amide bonds. The van der Waals surface area contributed by atoms with Gasteiger partial charge < -0.3 is 31.2 Å². The topological polar surface area (TPSA) is 188 Å². The molecule has 5 N–H and O–H groups in total. The maximum Gasteiger partial charge on any atom is 1.00 e. The zero-order valence-electron chi connectivity index (χ0n) is 23.5. The average molecular weight is 646 g/mol. The Hall–Kier alpha value is -3.82. The number of β-lactam (4-membered cyclic amide) rings is 1. The van der Waals surface area contributed by atoms with Gasteiger partial charge in [0.15, 0.2) is 0 Å². The smallest absolute Gasteiger partial charge is 0.543 e. The summed E-state index contributed by atoms with van der Waals surface area (Å²) >= 11 is 7.20. The fourth-order valence-corrected chi connectivity index (χ4v) is 6.01. The first-order valence-corrected chi connectivity index (χ1v) is 14.4. The summed E-state index contributed by atoms with van der Waals surface area (Å²) in [5, 5.41) is 22.1. The van der Waals surface area contributed by atoms with E-state index < -0.39 is 46.8 Å². The van der Waals surface area contributed by atoms with Crippen molar-refractivity contribution in [1.29, 1.82) is 0 Å². The number of hydrogen-bond acceptors (Lipinski definition) is 9. The van der Waals surface area contributed by atoms with Crippen LogP contribution >= 0.6 is 23.4 Å². The number of carbonyl (C=O) groups excluding carboxylic acids is 4. The molecule has 1 fully saturated rings. The standard InChI is InChI=1S/C28H26ClN7O6S.Na/c1-14-13-43-25-20(24(39)36(25)21(14)26(40)41)33-23(38)19(16-5-3-2-4-6-16)34-28(42)32-18-12-31-27(35-22(18)37)30-11-15-7-9-17(29)10-8-15;/h2-10,12,19-20,25H,11,13H2,1H3,(H,33,38)(H,40,41)(H2,32,34,42)(H2,30,31,35,37);/q;+1/p-1/t19-,20?,25-;/m1./s1. The molecule has 13 nitrogen and oxygen atoms in total. The molecule has 1 unspecified atom stereocenters. The number of fused-ring (bicyclic) bond motifs is 1. The molecule has 0 bridgehead atoms. The molecular weight excluding hydrogens is 621 g/mol. The number of aromatic nitrogens is 2. The van der Waals surface area contributed by atoms with Crippen molar-refractivity contribution in [3.8, 4) is 0 Å². The third kappa shape index (κ3) is 7.27. The second-order valence-electron chi connectivity index (χ2n) is 9.71. The maximum absolute atomic E-state index is 13.4. The minimum Gasteiger partial charge on any atom is -0.543 e. The van der Waals surface area contributed by atoms with Crippen LogP contribution in [-0.4, -0.2) is 55.9 Å². The first-order chi connectivity index (χ1) is 20.6. The van der Waals surface area contributed by atoms with Crippen LogP contribution in [0.2, 0.25) is 5.02 Å². The number of amides is 4. The van der Waals surface area contributed by atoms with Crippen molar-refractivity contribution in [3.63, 3.8) is 0 Å². The van der Waals surface area contributed by atoms with E-state index in [1.54, 1.807) is 49.4 Å². The Morgan fingerprint density at radius 3 is 2.50 bits per heavy atom. The zero-order valence-corrected chi connectivity index (χ0v) is 27.1. The summed E-state index contributed by atoms with van der Waals surface area (Å²) in [5.74, 6) is -2.22. The van der Waals surface area contributed by atoms with Crippen molar-refractivity contribution in [2.24, 2.45) is 0 Å². The van der Waals surface area contributed by atoms with Crippen LogP contribution in [0.3, 0.4) is 0 Å². The molecule has 3 heterocycles. The zero-order chi connectivity index (χ0) is 30.7. The van der Waals surface area contributed by atoms with Gasteiger partial charge in [-0.2, -0.15) is 0 Å². The van der Waals surface area contributed by atoms with E-state index in [-0.39, 0.29) is 46.9 Å². The number of thioether (sulfide) groups is 1. The Morgan fingerprint density at radius 2 is 1.84 bits per heavy atom. The molecule has 0 spiro atoms. The molecule has 16 heteroatoms. The number of benzene rings is 2. The summed E-state index contributed by atoms with van der Waals surface area (Å²) in [7, 11) is 0. The number of carboxylic acids is 1. The number of urea groups is 1. The number of carbonyl (C=O) groups is 4. The van der Waals surface area contributed by atoms with Gasteiger partial charge in [-0.15, -0.1) is 11.8 Å². The molecule has 2 aliphatic heterocycles. The fraction of sp³-hybridized carbons (Fsp3) is 0.214. The maximum atomic E-state index is 13.4. The summed E-state index contributed by atoms with van der Waals surface area (Å²) in [4.78, 5) is 71.1. The number of halogens is 1. The minimum atomic E-state index is -1.46. The van der Waals surface area contributed by atoms with Crippen molar-refractivity contribution in [2.45, 2.75) is 30.9 Å². The van der Waals surface area contributed by atoms with E-state index >= 15 is 0 Å². The quantitative estimate of drug-likeness (QED) is 0.134. The van der Waals surface area contributed by atoms with Gasteiger partial charge in [0.25, 0.3) is 11.5 Å². The van der Waals surface area contributed by atoms with E-state index in [0.717, 1.165) is 10.5 Å². The Kier molecular flexibility index (Phi) is 10.8. The van der Waals surface area contributed by atoms with Gasteiger partial charge in [0.2, 0.25) is 11.9 Å². The van der Waals surface area contributed by atoms with Crippen LogP contribution < -0.4 is 61.5 Å². The predicted molar refractivity (Wildman–Crippen MR) is 158 cm³/mol. The molecule has 5 rings (SSSR count). The van der Waals surface area contributed by atoms with E-state index in [0.29, 0.717) is 28.5 Å². The molecule has 2 aliphatic rings. The van der Waals surface area contributed by atoms with Gasteiger partial charge in [0, 0.05) is 17.3 Å². The van der Waals surface area contributed by atoms with Gasteiger partial charge in [0.1, 0.15) is 23.1 Å². The van der Waals surface area contributed by atoms with Crippen molar-refractivity contribution in [3.05, 3.63) is 98.6 Å². The third-order valence-corrected chi connectivity index (χ3v) is 8.42. The van der Waals surface area contributed by atoms with Gasteiger partial charge in [0.05, 0.1) is 17.9 Å². The molecule has 3 atom stereocenters. The first kappa shape index (κ1) is 33.1. The van der Waals surface area contributed by atoms with Crippen LogP contribution in [0.4, 0.5) is 16.4 Å². The Balaban J connectivity index is 0.00000442. The number of nitrogens with zero attached hydrogens (tertiary/aromatic N) is 2. The SMILES string of the molecule is CC1=C(C(=O)[O-])N2C(=O)C(NC(=O)[C@H](NC(=O)Nc3cnc(NCc4ccc(Cl)cc4)[nH]c3=O)c3ccccc3)[C@H]2SC1.[Na+]. The van der Waals surface area contributed by atoms with Gasteiger partial charge >= 0.3 is 35.6 Å². The number of rotatable bonds is 9. The molecule has 0 radical (unpaired) electrons. The molecular formula is C28H25ClN7NaO6S. The molecule has 1 saturated heterocycles. The van der Waals surface area contributed by atoms with Crippen molar-refractivity contribution < 1.29 is 53.8 Å². The van der Waals surface area contributed by atoms with Gasteiger partial charge in [-0.3, -0.25) is 24.3 Å². The monoisotopic (exact) mass is 645 g/mol. The Labute approximate surface area is 282 Å². The summed E-state index contributed by atoms with van der Waals surface area (Å²) in [5.41, 5.74) is 0.822. The normalized spacial score (nSPS) is 17.8. The fourth-order valence-electron chi connectivity index (χ4n) is 4.60. The number of nitrogens with one attached hydrogen (secondary N) is 5. The summed E-state index contributed by atoms with van der Waals surface area (Å²) < 4.78 is 0. The predicted octanol–water partition coefficient (Wildman–Crippen LogP) is -1.67. The van der Waals surface area contributed by atoms with Gasteiger partial charge in [-0.05, 0) is 35.8 Å². The first-order valence-electron chi connectivity index (χ1n) is 13.0. The van der Waals surface area contributed by atoms with E-state index in [1.165, 1.54) is 18.0 Å². The van der Waals surface area contributed by atoms with Crippen molar-refractivity contribution in [1.82, 2.24) is 25.5 Å². The number of aliphatic carboxylic acids is 1. The third-order valence-electron chi connectivity index (χ3n) is 6.74. The van der Waals surface area contributed by atoms with Crippen LogP contribution in [0.15, 0.2) is 76.9 Å². The summed E-state index contributed by atoms with van der Waals surface area (Å²) in [6, 6.07) is 12.3. The Bertz CT molecular complexity index is 1670. The van der Waals surface area contributed by atoms with E-state index in [4.69, 9.17) is 11.6 Å². The van der Waals surface area contributed by atoms with Crippen molar-refractivity contribution in [2.75, 3.05) is 16.4 Å². The van der Waals surface area contributed by atoms with Gasteiger partial charge in [-0.25, -0.2) is 9.78 Å². The minimum absolute atomic E-state index is 0. The number of H-pyrrole nitrogens is 1. The van der Waals surface area contributed by atoms with Crippen LogP contribution in [0.1, 0.15) is 24.1 Å². The molecule has 3 aromatic rings. The molecule has 0 aliphatic carbocycles. The van der Waals surface area contributed by atoms with E-state index in [1.807, 2.05) is 12.1 Å². The van der Waals surface area contributed by atoms with Gasteiger partial charge in [-0.1, -0.05) is 54.1 Å². The molecule has 1 aromatic heterocycles. The molecule has 0 saturated carbocycles. The number of aromatic amines is 1. The summed E-state index contributed by atoms with van der Waals surface area (Å²) in [6.07, 6.45) is 1.17. The van der Waals surface area contributed by atoms with E-state index in [9.17, 15) is 29.1 Å². The second kappa shape index (κ2) is 14.3. The number of anilines is 2.